The van der Waals surface area contributed by atoms with Crippen LogP contribution in [0.3, 0.4) is 0 Å². The van der Waals surface area contributed by atoms with Gasteiger partial charge in [0.25, 0.3) is 0 Å². The molecule has 0 unspecified atom stereocenters. The van der Waals surface area contributed by atoms with Gasteiger partial charge in [-0.1, -0.05) is 11.6 Å². The number of rotatable bonds is 2. The van der Waals surface area contributed by atoms with Crippen molar-refractivity contribution in [3.8, 4) is 5.75 Å². The van der Waals surface area contributed by atoms with Crippen LogP contribution in [0.2, 0.25) is 5.02 Å². The van der Waals surface area contributed by atoms with Gasteiger partial charge in [-0.25, -0.2) is 0 Å². The number of hydrogen-bond donors (Lipinski definition) is 2. The molecule has 0 aliphatic heterocycles. The molecule has 0 saturated carbocycles. The molecule has 0 radical (unpaired) electrons. The summed E-state index contributed by atoms with van der Waals surface area (Å²) in [6.45, 7) is 1.64. The molecule has 0 heterocycles. The molecule has 1 aromatic rings. The van der Waals surface area contributed by atoms with Gasteiger partial charge in [0.05, 0.1) is 10.8 Å². The van der Waals surface area contributed by atoms with E-state index in [4.69, 9.17) is 11.6 Å². The first-order valence-corrected chi connectivity index (χ1v) is 7.62. The lowest BCUT2D eigenvalue weighted by Gasteiger charge is -2.09. The first kappa shape index (κ1) is 22.2. The normalized spacial score (nSPS) is 12.7. The van der Waals surface area contributed by atoms with Crippen LogP contribution in [0.15, 0.2) is 22.1 Å². The van der Waals surface area contributed by atoms with Crippen LogP contribution in [-0.4, -0.2) is 27.8 Å². The van der Waals surface area contributed by atoms with Gasteiger partial charge in [0.15, 0.2) is 0 Å². The van der Waals surface area contributed by atoms with Crippen molar-refractivity contribution in [1.82, 2.24) is 0 Å². The number of thioether (sulfide) groups is 1. The van der Waals surface area contributed by atoms with Crippen molar-refractivity contribution in [2.45, 2.75) is 24.2 Å². The van der Waals surface area contributed by atoms with Gasteiger partial charge in [0.2, 0.25) is 4.62 Å². The minimum Gasteiger partial charge on any atom is -0.506 e. The van der Waals surface area contributed by atoms with E-state index < -0.39 is 22.7 Å². The Labute approximate surface area is 145 Å². The topological polar surface area (TPSA) is 58.6 Å². The van der Waals surface area contributed by atoms with Gasteiger partial charge < -0.3 is 10.9 Å². The number of benzene rings is 1. The molecule has 0 saturated heterocycles. The first-order valence-electron chi connectivity index (χ1n) is 5.47. The third-order valence-electron chi connectivity index (χ3n) is 1.98. The van der Waals surface area contributed by atoms with Crippen LogP contribution in [0.5, 0.6) is 5.75 Å². The Morgan fingerprint density at radius 2 is 1.83 bits per heavy atom. The van der Waals surface area contributed by atoms with Crippen molar-refractivity contribution in [3.05, 3.63) is 22.7 Å². The maximum absolute atomic E-state index is 11.9. The predicted molar refractivity (Wildman–Crippen MR) is 81.2 cm³/mol. The van der Waals surface area contributed by atoms with Crippen molar-refractivity contribution in [3.63, 3.8) is 0 Å². The molecule has 0 aliphatic carbocycles. The van der Waals surface area contributed by atoms with Crippen molar-refractivity contribution in [2.75, 3.05) is 5.75 Å². The maximum Gasteiger partial charge on any atom is 0.441 e. The molecule has 0 aliphatic rings. The van der Waals surface area contributed by atoms with E-state index in [0.29, 0.717) is 22.2 Å². The van der Waals surface area contributed by atoms with Gasteiger partial charge in [0.1, 0.15) is 5.75 Å². The van der Waals surface area contributed by atoms with E-state index in [0.717, 1.165) is 0 Å². The van der Waals surface area contributed by atoms with Crippen LogP contribution in [0.1, 0.15) is 5.56 Å². The zero-order chi connectivity index (χ0) is 18.4. The highest BCUT2D eigenvalue weighted by Crippen LogP contribution is 2.34. The molecule has 23 heavy (non-hydrogen) atoms. The summed E-state index contributed by atoms with van der Waals surface area (Å²) in [4.78, 5) is 0.384. The minimum absolute atomic E-state index is 0.142. The van der Waals surface area contributed by atoms with Gasteiger partial charge in [0, 0.05) is 4.90 Å². The molecule has 0 amide bonds. The summed E-state index contributed by atoms with van der Waals surface area (Å²) in [6.07, 6.45) is -8.67. The van der Waals surface area contributed by atoms with E-state index in [1.807, 2.05) is 0 Å². The highest BCUT2D eigenvalue weighted by Gasteiger charge is 2.33. The summed E-state index contributed by atoms with van der Waals surface area (Å²) >= 11 is 8.32. The molecule has 1 aromatic carbocycles. The number of aromatic hydroxyl groups is 1. The Morgan fingerprint density at radius 1 is 1.30 bits per heavy atom. The van der Waals surface area contributed by atoms with E-state index in [1.165, 1.54) is 12.1 Å². The second kappa shape index (κ2) is 8.88. The fraction of sp³-hybridized carbons (Fsp3) is 0.364. The summed E-state index contributed by atoms with van der Waals surface area (Å²) in [5.41, 5.74) is 0.618. The summed E-state index contributed by atoms with van der Waals surface area (Å²) in [5.74, 6) is 3.10. The summed E-state index contributed by atoms with van der Waals surface area (Å²) in [7, 11) is 0. The molecule has 3 N–H and O–H groups in total. The van der Waals surface area contributed by atoms with E-state index in [-0.39, 0.29) is 10.8 Å². The number of phenolic OH excluding ortho intramolecular Hbond substituents is 1. The lowest BCUT2D eigenvalue weighted by molar-refractivity contribution is -0.105. The number of hydrogen-bond acceptors (Lipinski definition) is 4. The van der Waals surface area contributed by atoms with Crippen molar-refractivity contribution in [2.24, 2.45) is 10.9 Å². The lowest BCUT2D eigenvalue weighted by atomic mass is 10.2. The number of aryl methyl sites for hydroxylation is 1. The molecular weight excluding hydrogens is 438 g/mol. The number of nitrogens with zero attached hydrogens (tertiary/aromatic N) is 1. The van der Waals surface area contributed by atoms with Crippen LogP contribution in [-0.2, 0) is 0 Å². The second-order valence-corrected chi connectivity index (χ2v) is 6.07. The van der Waals surface area contributed by atoms with Gasteiger partial charge in [-0.15, -0.1) is 11.8 Å². The third-order valence-corrected chi connectivity index (χ3v) is 4.16. The standard InChI is InChI=1S/C9H8ClF3OS.C2H2BrF3N2/c1-5-2-6(10)7(14)3-8(5)15-4-9(11,12)13;3-1(8-7)2(4,5)6/h2-3,14H,4H2,1H3;7H2. The SMILES string of the molecule is Cc1cc(Cl)c(O)cc1SCC(F)(F)F.NN=C(Br)C(F)(F)F. The summed E-state index contributed by atoms with van der Waals surface area (Å²) in [6, 6.07) is 2.68. The number of nitrogens with two attached hydrogens (primary N) is 1. The van der Waals surface area contributed by atoms with Gasteiger partial charge in [-0.2, -0.15) is 31.4 Å². The average molecular weight is 448 g/mol. The van der Waals surface area contributed by atoms with Gasteiger partial charge >= 0.3 is 12.4 Å². The van der Waals surface area contributed by atoms with Crippen LogP contribution >= 0.6 is 39.3 Å². The molecule has 0 spiro atoms. The highest BCUT2D eigenvalue weighted by molar-refractivity contribution is 9.18. The van der Waals surface area contributed by atoms with Crippen molar-refractivity contribution in [1.29, 1.82) is 0 Å². The monoisotopic (exact) mass is 446 g/mol. The first-order chi connectivity index (χ1) is 10.3. The molecule has 0 fully saturated rings. The Hall–Kier alpha value is -0.810. The molecule has 0 aromatic heterocycles. The average Bonchev–Trinajstić information content (AvgIpc) is 2.39. The van der Waals surface area contributed by atoms with Crippen molar-refractivity contribution >= 4 is 43.9 Å². The van der Waals surface area contributed by atoms with Gasteiger partial charge in [-0.05, 0) is 40.5 Å². The largest absolute Gasteiger partial charge is 0.506 e. The quantitative estimate of drug-likeness (QED) is 0.215. The Balaban J connectivity index is 0.000000515. The summed E-state index contributed by atoms with van der Waals surface area (Å²) in [5, 5.41) is 11.7. The highest BCUT2D eigenvalue weighted by atomic mass is 79.9. The molecule has 132 valence electrons. The van der Waals surface area contributed by atoms with Crippen molar-refractivity contribution < 1.29 is 31.4 Å². The molecule has 3 nitrogen and oxygen atoms in total. The van der Waals surface area contributed by atoms with Gasteiger partial charge in [-0.3, -0.25) is 0 Å². The van der Waals surface area contributed by atoms with Crippen LogP contribution < -0.4 is 5.84 Å². The number of hydrazone groups is 1. The van der Waals surface area contributed by atoms with E-state index >= 15 is 0 Å². The maximum atomic E-state index is 11.9. The lowest BCUT2D eigenvalue weighted by Crippen LogP contribution is -2.17. The van der Waals surface area contributed by atoms with Crippen LogP contribution in [0, 0.1) is 6.92 Å². The predicted octanol–water partition coefficient (Wildman–Crippen LogP) is 5.22. The van der Waals surface area contributed by atoms with Crippen LogP contribution in [0.25, 0.3) is 0 Å². The molecular formula is C11H10BrClF6N2OS. The zero-order valence-corrected chi connectivity index (χ0v) is 14.4. The Bertz CT molecular complexity index is 565. The van der Waals surface area contributed by atoms with E-state index in [1.54, 1.807) is 6.92 Å². The fourth-order valence-corrected chi connectivity index (χ4v) is 2.05. The fourth-order valence-electron chi connectivity index (χ4n) is 1.03. The smallest absolute Gasteiger partial charge is 0.441 e. The Morgan fingerprint density at radius 3 is 2.17 bits per heavy atom. The molecule has 0 atom stereocenters. The molecule has 0 bridgehead atoms. The molecule has 1 rings (SSSR count). The second-order valence-electron chi connectivity index (χ2n) is 3.89. The van der Waals surface area contributed by atoms with E-state index in [9.17, 15) is 31.4 Å². The Kier molecular flexibility index (Phi) is 8.57. The van der Waals surface area contributed by atoms with E-state index in [2.05, 4.69) is 26.9 Å². The summed E-state index contributed by atoms with van der Waals surface area (Å²) < 4.78 is 68.2. The minimum atomic E-state index is -4.45. The molecule has 12 heteroatoms. The number of phenols is 1. The van der Waals surface area contributed by atoms with Crippen LogP contribution in [0.4, 0.5) is 26.3 Å². The zero-order valence-electron chi connectivity index (χ0n) is 11.3. The number of halogens is 8. The number of alkyl halides is 6. The third kappa shape index (κ3) is 9.16.